The van der Waals surface area contributed by atoms with E-state index in [1.165, 1.54) is 27.2 Å². The quantitative estimate of drug-likeness (QED) is 0.102. The highest BCUT2D eigenvalue weighted by atomic mass is 16.7. The van der Waals surface area contributed by atoms with Crippen molar-refractivity contribution >= 4 is 45.5 Å². The van der Waals surface area contributed by atoms with Crippen LogP contribution in [0.3, 0.4) is 0 Å². The molecule has 334 valence electrons. The third-order valence-corrected chi connectivity index (χ3v) is 13.1. The van der Waals surface area contributed by atoms with Crippen LogP contribution in [0.4, 0.5) is 17.1 Å². The maximum atomic E-state index is 14.7. The van der Waals surface area contributed by atoms with Crippen LogP contribution in [0, 0.1) is 36.5 Å². The number of ketones is 1. The summed E-state index contributed by atoms with van der Waals surface area (Å²) in [6, 6.07) is 0. The average Bonchev–Trinajstić information content (AvgIpc) is 3.71. The lowest BCUT2D eigenvalue weighted by Gasteiger charge is -2.40. The smallest absolute Gasteiger partial charge is 0.312 e. The second kappa shape index (κ2) is 17.5. The summed E-state index contributed by atoms with van der Waals surface area (Å²) in [4.78, 5) is 43.5. The fraction of sp³-hybridized carbons (Fsp3) is 0.587. The van der Waals surface area contributed by atoms with Gasteiger partial charge in [0.25, 0.3) is 11.7 Å². The van der Waals surface area contributed by atoms with Gasteiger partial charge in [-0.25, -0.2) is 0 Å². The van der Waals surface area contributed by atoms with E-state index in [4.69, 9.17) is 18.9 Å². The number of anilines is 3. The van der Waals surface area contributed by atoms with Gasteiger partial charge in [0, 0.05) is 93.6 Å². The molecule has 1 fully saturated rings. The van der Waals surface area contributed by atoms with E-state index in [1.54, 1.807) is 65.8 Å². The van der Waals surface area contributed by atoms with E-state index in [1.807, 2.05) is 0 Å². The molecule has 0 saturated carbocycles. The van der Waals surface area contributed by atoms with Crippen LogP contribution in [-0.2, 0) is 23.8 Å². The van der Waals surface area contributed by atoms with Crippen LogP contribution >= 0.6 is 0 Å². The normalized spacial score (nSPS) is 32.7. The summed E-state index contributed by atoms with van der Waals surface area (Å²) in [6.07, 6.45) is 5.35. The van der Waals surface area contributed by atoms with Crippen molar-refractivity contribution in [2.45, 2.75) is 118 Å². The Morgan fingerprint density at radius 2 is 1.59 bits per heavy atom. The molecule has 6 rings (SSSR count). The number of nitrogens with zero attached hydrogens (tertiary/aromatic N) is 1. The number of aromatic hydroxyl groups is 2. The topological polar surface area (TPSA) is 208 Å². The lowest BCUT2D eigenvalue weighted by Crippen LogP contribution is -2.52. The highest BCUT2D eigenvalue weighted by Gasteiger charge is 2.51. The van der Waals surface area contributed by atoms with E-state index < -0.39 is 82.9 Å². The molecule has 0 aromatic heterocycles. The number of nitrogens with one attached hydrogen (secondary N) is 3. The van der Waals surface area contributed by atoms with Gasteiger partial charge in [0.15, 0.2) is 5.75 Å². The third kappa shape index (κ3) is 8.54. The van der Waals surface area contributed by atoms with E-state index in [2.05, 4.69) is 34.7 Å². The molecule has 1 spiro atoms. The van der Waals surface area contributed by atoms with Crippen LogP contribution in [0.15, 0.2) is 36.1 Å². The number of amides is 1. The Morgan fingerprint density at radius 1 is 0.934 bits per heavy atom. The fourth-order valence-electron chi connectivity index (χ4n) is 9.39. The Balaban J connectivity index is 1.51. The Labute approximate surface area is 358 Å². The Morgan fingerprint density at radius 3 is 2.21 bits per heavy atom. The summed E-state index contributed by atoms with van der Waals surface area (Å²) in [7, 11) is 1.47. The van der Waals surface area contributed by atoms with Crippen molar-refractivity contribution in [3.8, 4) is 17.2 Å². The standard InChI is InChI=1S/C46H64N4O11/c1-22(2)21-50-18-16-46(17-19-50)48-34-31-32-39(54)28(8)42-33(31)43(56)45(10,61-42)59-20-15-30(58-11)25(5)41(60-29(9)51)27(7)38(53)26(6)37(52)23(3)13-12-14-24(4)44(57)47-36(40(32)55)35(34)49-46/h12-15,20,22-23,25-27,30,37-38,41,48-49,52-55H,16-19,21H2,1-11H3,(H,47,57)/b13-12+,20-15+,24-14+/t23-,25+,26+,27+,30-,37-,38+,41+,45-/m0/s1. The number of allylic oxidation sites excluding steroid dienone is 2. The number of aliphatic hydroxyl groups excluding tert-OH is 2. The number of carbonyl (C=O) groups excluding carboxylic acids is 3. The van der Waals surface area contributed by atoms with Crippen LogP contribution in [-0.4, -0.2) is 106 Å². The number of piperidine rings is 1. The number of fused-ring (bicyclic) bond motifs is 1. The molecule has 4 aliphatic heterocycles. The van der Waals surface area contributed by atoms with E-state index in [0.29, 0.717) is 30.1 Å². The highest BCUT2D eigenvalue weighted by Crippen LogP contribution is 2.59. The maximum Gasteiger partial charge on any atom is 0.312 e. The van der Waals surface area contributed by atoms with Crippen molar-refractivity contribution < 1.29 is 53.8 Å². The fourth-order valence-corrected chi connectivity index (χ4v) is 9.39. The molecule has 1 amide bonds. The summed E-state index contributed by atoms with van der Waals surface area (Å²) in [5, 5.41) is 57.3. The zero-order chi connectivity index (χ0) is 44.9. The highest BCUT2D eigenvalue weighted by molar-refractivity contribution is 6.26. The molecule has 61 heavy (non-hydrogen) atoms. The molecule has 2 aromatic carbocycles. The molecule has 15 nitrogen and oxygen atoms in total. The molecule has 15 heteroatoms. The van der Waals surface area contributed by atoms with Gasteiger partial charge in [-0.2, -0.15) is 0 Å². The Hall–Kier alpha value is -4.83. The minimum Gasteiger partial charge on any atom is -0.507 e. The van der Waals surface area contributed by atoms with E-state index >= 15 is 0 Å². The molecule has 0 unspecified atom stereocenters. The van der Waals surface area contributed by atoms with Crippen molar-refractivity contribution in [3.63, 3.8) is 0 Å². The first-order chi connectivity index (χ1) is 28.6. The van der Waals surface area contributed by atoms with Crippen LogP contribution in [0.2, 0.25) is 0 Å². The molecule has 7 N–H and O–H groups in total. The van der Waals surface area contributed by atoms with Gasteiger partial charge in [-0.05, 0) is 25.8 Å². The summed E-state index contributed by atoms with van der Waals surface area (Å²) in [5.41, 5.74) is 0.639. The van der Waals surface area contributed by atoms with Crippen molar-refractivity contribution in [3.05, 3.63) is 47.3 Å². The lowest BCUT2D eigenvalue weighted by molar-refractivity contribution is -0.160. The number of likely N-dealkylation sites (tertiary alicyclic amines) is 1. The molecule has 9 atom stereocenters. The van der Waals surface area contributed by atoms with Gasteiger partial charge in [0.05, 0.1) is 46.9 Å². The van der Waals surface area contributed by atoms with Gasteiger partial charge in [-0.1, -0.05) is 59.8 Å². The minimum absolute atomic E-state index is 0.0307. The number of rotatable bonds is 4. The summed E-state index contributed by atoms with van der Waals surface area (Å²) in [5.74, 6) is -6.18. The average molecular weight is 849 g/mol. The summed E-state index contributed by atoms with van der Waals surface area (Å²) in [6.45, 7) is 19.8. The number of phenolic OH excluding ortho intramolecular Hbond substituents is 2. The van der Waals surface area contributed by atoms with Crippen LogP contribution in [0.5, 0.6) is 17.2 Å². The summed E-state index contributed by atoms with van der Waals surface area (Å²) >= 11 is 0. The number of methoxy groups -OCH3 is 1. The number of hydrogen-bond acceptors (Lipinski definition) is 14. The predicted octanol–water partition coefficient (Wildman–Crippen LogP) is 6.33. The first kappa shape index (κ1) is 45.7. The molecule has 4 bridgehead atoms. The van der Waals surface area contributed by atoms with E-state index in [-0.39, 0.29) is 44.7 Å². The largest absolute Gasteiger partial charge is 0.507 e. The maximum absolute atomic E-state index is 14.7. The number of esters is 1. The number of hydrogen-bond donors (Lipinski definition) is 7. The molecule has 4 heterocycles. The molecular formula is C46H64N4O11. The van der Waals surface area contributed by atoms with Crippen LogP contribution < -0.4 is 20.7 Å². The van der Waals surface area contributed by atoms with Crippen molar-refractivity contribution in [1.29, 1.82) is 0 Å². The van der Waals surface area contributed by atoms with Crippen LogP contribution in [0.1, 0.15) is 91.1 Å². The van der Waals surface area contributed by atoms with Gasteiger partial charge < -0.3 is 60.2 Å². The Kier molecular flexibility index (Phi) is 13.1. The molecule has 0 radical (unpaired) electrons. The van der Waals surface area contributed by atoms with Gasteiger partial charge in [-0.3, -0.25) is 14.4 Å². The molecule has 2 aromatic rings. The van der Waals surface area contributed by atoms with Gasteiger partial charge in [-0.15, -0.1) is 0 Å². The van der Waals surface area contributed by atoms with Crippen LogP contribution in [0.25, 0.3) is 10.8 Å². The zero-order valence-corrected chi connectivity index (χ0v) is 37.2. The number of benzene rings is 2. The molecule has 0 aliphatic carbocycles. The van der Waals surface area contributed by atoms with Crippen molar-refractivity contribution in [2.75, 3.05) is 42.7 Å². The van der Waals surface area contributed by atoms with Gasteiger partial charge >= 0.3 is 11.8 Å². The van der Waals surface area contributed by atoms with Gasteiger partial charge in [0.1, 0.15) is 29.0 Å². The molecular weight excluding hydrogens is 785 g/mol. The predicted molar refractivity (Wildman–Crippen MR) is 233 cm³/mol. The first-order valence-corrected chi connectivity index (χ1v) is 21.3. The monoisotopic (exact) mass is 848 g/mol. The van der Waals surface area contributed by atoms with E-state index in [9.17, 15) is 34.8 Å². The zero-order valence-electron chi connectivity index (χ0n) is 37.2. The first-order valence-electron chi connectivity index (χ1n) is 21.3. The Bertz CT molecular complexity index is 2140. The van der Waals surface area contributed by atoms with Gasteiger partial charge in [0.2, 0.25) is 0 Å². The summed E-state index contributed by atoms with van der Waals surface area (Å²) < 4.78 is 24.0. The molecule has 1 saturated heterocycles. The number of phenols is 2. The van der Waals surface area contributed by atoms with Crippen molar-refractivity contribution in [2.24, 2.45) is 29.6 Å². The number of aliphatic hydroxyl groups is 2. The van der Waals surface area contributed by atoms with Crippen molar-refractivity contribution in [1.82, 2.24) is 4.90 Å². The third-order valence-electron chi connectivity index (χ3n) is 13.1. The number of carbonyl (C=O) groups is 3. The second-order valence-electron chi connectivity index (χ2n) is 18.1. The number of Topliss-reactive ketones (excluding diaryl/α,β-unsaturated/α-hetero) is 1. The number of ether oxygens (including phenoxy) is 4. The second-order valence-corrected chi connectivity index (χ2v) is 18.1. The minimum atomic E-state index is -1.93. The van der Waals surface area contributed by atoms with E-state index in [0.717, 1.165) is 19.6 Å². The SMILES string of the molecule is CO[C@H]1/C=C/O[C@@]2(C)Oc3c(C)c(O)c4c(O)c(c5c(c4c3C2=O)NC2(CCN(CC(C)C)CC2)N5)NC(=O)/C(C)=C/C=C/[C@H](C)[C@H](O)[C@@H](C)[C@@H](O)[C@@H](C)[C@H](OC(C)=O)[C@@H]1C. The lowest BCUT2D eigenvalue weighted by atomic mass is 9.78. The molecule has 4 aliphatic rings.